The smallest absolute Gasteiger partial charge is 0.225 e. The molecule has 2 N–H and O–H groups in total. The number of rotatable bonds is 2. The first kappa shape index (κ1) is 13.8. The third-order valence-corrected chi connectivity index (χ3v) is 3.86. The Morgan fingerprint density at radius 1 is 1.29 bits per heavy atom. The minimum Gasteiger partial charge on any atom is -0.504 e. The number of carbonyl (C=O) groups is 1. The lowest BCUT2D eigenvalue weighted by Gasteiger charge is -2.27. The SMILES string of the molecule is COc1cc2c(cc1O)C(c1ccc(Cl)cc1)NC(=O)C2. The highest BCUT2D eigenvalue weighted by Crippen LogP contribution is 2.37. The molecule has 0 spiro atoms. The average Bonchev–Trinajstić information content (AvgIpc) is 2.47. The van der Waals surface area contributed by atoms with Crippen molar-refractivity contribution in [1.29, 1.82) is 0 Å². The molecule has 0 aliphatic carbocycles. The number of hydrogen-bond acceptors (Lipinski definition) is 3. The van der Waals surface area contributed by atoms with Crippen LogP contribution in [0.2, 0.25) is 5.02 Å². The predicted molar refractivity (Wildman–Crippen MR) is 79.8 cm³/mol. The molecule has 1 amide bonds. The zero-order valence-electron chi connectivity index (χ0n) is 11.4. The van der Waals surface area contributed by atoms with Gasteiger partial charge >= 0.3 is 0 Å². The van der Waals surface area contributed by atoms with Gasteiger partial charge in [0, 0.05) is 5.02 Å². The molecule has 2 aromatic carbocycles. The number of fused-ring (bicyclic) bond motifs is 1. The van der Waals surface area contributed by atoms with Crippen LogP contribution in [0.1, 0.15) is 22.7 Å². The van der Waals surface area contributed by atoms with Gasteiger partial charge in [-0.3, -0.25) is 4.79 Å². The maximum atomic E-state index is 11.9. The number of hydrogen-bond donors (Lipinski definition) is 2. The van der Waals surface area contributed by atoms with Crippen molar-refractivity contribution in [3.63, 3.8) is 0 Å². The van der Waals surface area contributed by atoms with Gasteiger partial charge in [0.05, 0.1) is 19.6 Å². The van der Waals surface area contributed by atoms with Crippen LogP contribution in [0.5, 0.6) is 11.5 Å². The third kappa shape index (κ3) is 2.54. The summed E-state index contributed by atoms with van der Waals surface area (Å²) in [5, 5.41) is 13.6. The minimum absolute atomic E-state index is 0.0600. The number of aromatic hydroxyl groups is 1. The molecular formula is C16H14ClNO3. The van der Waals surface area contributed by atoms with Crippen LogP contribution < -0.4 is 10.1 Å². The molecule has 1 aliphatic heterocycles. The molecule has 1 unspecified atom stereocenters. The first-order valence-electron chi connectivity index (χ1n) is 6.53. The fourth-order valence-electron chi connectivity index (χ4n) is 2.59. The Bertz CT molecular complexity index is 697. The van der Waals surface area contributed by atoms with Crippen molar-refractivity contribution in [2.24, 2.45) is 0 Å². The molecule has 2 aromatic rings. The largest absolute Gasteiger partial charge is 0.504 e. The summed E-state index contributed by atoms with van der Waals surface area (Å²) in [5.41, 5.74) is 2.64. The van der Waals surface area contributed by atoms with Crippen molar-refractivity contribution >= 4 is 17.5 Å². The van der Waals surface area contributed by atoms with Gasteiger partial charge in [-0.1, -0.05) is 23.7 Å². The van der Waals surface area contributed by atoms with Gasteiger partial charge in [0.15, 0.2) is 11.5 Å². The number of methoxy groups -OCH3 is 1. The molecular weight excluding hydrogens is 290 g/mol. The minimum atomic E-state index is -0.296. The molecule has 0 saturated heterocycles. The van der Waals surface area contributed by atoms with E-state index < -0.39 is 0 Å². The Labute approximate surface area is 127 Å². The second kappa shape index (κ2) is 5.30. The Morgan fingerprint density at radius 2 is 2.00 bits per heavy atom. The lowest BCUT2D eigenvalue weighted by atomic mass is 9.89. The van der Waals surface area contributed by atoms with E-state index in [4.69, 9.17) is 16.3 Å². The number of ether oxygens (including phenoxy) is 1. The van der Waals surface area contributed by atoms with Crippen molar-refractivity contribution in [3.8, 4) is 11.5 Å². The van der Waals surface area contributed by atoms with Crippen molar-refractivity contribution in [2.75, 3.05) is 7.11 Å². The lowest BCUT2D eigenvalue weighted by Crippen LogP contribution is -2.35. The number of halogens is 1. The van der Waals surface area contributed by atoms with E-state index in [1.807, 2.05) is 12.1 Å². The van der Waals surface area contributed by atoms with Crippen LogP contribution in [0.15, 0.2) is 36.4 Å². The van der Waals surface area contributed by atoms with E-state index in [1.165, 1.54) is 7.11 Å². The van der Waals surface area contributed by atoms with E-state index in [0.29, 0.717) is 10.8 Å². The summed E-state index contributed by atoms with van der Waals surface area (Å²) >= 11 is 5.90. The van der Waals surface area contributed by atoms with Crippen LogP contribution in [0.4, 0.5) is 0 Å². The van der Waals surface area contributed by atoms with E-state index in [-0.39, 0.29) is 24.1 Å². The topological polar surface area (TPSA) is 58.6 Å². The Morgan fingerprint density at radius 3 is 2.67 bits per heavy atom. The van der Waals surface area contributed by atoms with Crippen molar-refractivity contribution in [1.82, 2.24) is 5.32 Å². The van der Waals surface area contributed by atoms with Crippen molar-refractivity contribution in [2.45, 2.75) is 12.5 Å². The average molecular weight is 304 g/mol. The molecule has 1 atom stereocenters. The van der Waals surface area contributed by atoms with Crippen LogP contribution in [0.25, 0.3) is 0 Å². The summed E-state index contributed by atoms with van der Waals surface area (Å²) in [7, 11) is 1.49. The Hall–Kier alpha value is -2.20. The number of nitrogens with one attached hydrogen (secondary N) is 1. The summed E-state index contributed by atoms with van der Waals surface area (Å²) in [6.45, 7) is 0. The number of benzene rings is 2. The highest BCUT2D eigenvalue weighted by Gasteiger charge is 2.27. The summed E-state index contributed by atoms with van der Waals surface area (Å²) in [4.78, 5) is 11.9. The van der Waals surface area contributed by atoms with Crippen LogP contribution in [0, 0.1) is 0 Å². The number of phenols is 1. The Kier molecular flexibility index (Phi) is 3.47. The van der Waals surface area contributed by atoms with Gasteiger partial charge in [0.25, 0.3) is 0 Å². The van der Waals surface area contributed by atoms with Gasteiger partial charge in [-0.05, 0) is 41.0 Å². The number of amides is 1. The molecule has 0 bridgehead atoms. The van der Waals surface area contributed by atoms with Gasteiger partial charge in [0.1, 0.15) is 0 Å². The molecule has 0 saturated carbocycles. The fourth-order valence-corrected chi connectivity index (χ4v) is 2.72. The maximum Gasteiger partial charge on any atom is 0.225 e. The molecule has 4 nitrogen and oxygen atoms in total. The molecule has 5 heteroatoms. The second-order valence-corrected chi connectivity index (χ2v) is 5.39. The second-order valence-electron chi connectivity index (χ2n) is 4.95. The number of phenolic OH excluding ortho intramolecular Hbond substituents is 1. The van der Waals surface area contributed by atoms with Crippen LogP contribution in [-0.4, -0.2) is 18.1 Å². The first-order chi connectivity index (χ1) is 10.1. The quantitative estimate of drug-likeness (QED) is 0.897. The molecule has 108 valence electrons. The highest BCUT2D eigenvalue weighted by molar-refractivity contribution is 6.30. The standard InChI is InChI=1S/C16H14ClNO3/c1-21-14-6-10-7-15(20)18-16(12(10)8-13(14)19)9-2-4-11(17)5-3-9/h2-6,8,16,19H,7H2,1H3,(H,18,20). The van der Waals surface area contributed by atoms with E-state index in [1.54, 1.807) is 24.3 Å². The Balaban J connectivity index is 2.10. The summed E-state index contributed by atoms with van der Waals surface area (Å²) in [6.07, 6.45) is 0.274. The van der Waals surface area contributed by atoms with E-state index in [0.717, 1.165) is 16.7 Å². The molecule has 3 rings (SSSR count). The van der Waals surface area contributed by atoms with Gasteiger partial charge in [0.2, 0.25) is 5.91 Å². The summed E-state index contributed by atoms with van der Waals surface area (Å²) in [5.74, 6) is 0.375. The normalized spacial score (nSPS) is 17.0. The molecule has 0 aromatic heterocycles. The third-order valence-electron chi connectivity index (χ3n) is 3.61. The van der Waals surface area contributed by atoms with Gasteiger partial charge < -0.3 is 15.2 Å². The van der Waals surface area contributed by atoms with Crippen LogP contribution in [-0.2, 0) is 11.2 Å². The highest BCUT2D eigenvalue weighted by atomic mass is 35.5. The summed E-state index contributed by atoms with van der Waals surface area (Å²) < 4.78 is 5.10. The van der Waals surface area contributed by atoms with E-state index >= 15 is 0 Å². The maximum absolute atomic E-state index is 11.9. The monoisotopic (exact) mass is 303 g/mol. The van der Waals surface area contributed by atoms with Crippen LogP contribution in [0.3, 0.4) is 0 Å². The molecule has 0 radical (unpaired) electrons. The summed E-state index contributed by atoms with van der Waals surface area (Å²) in [6, 6.07) is 10.4. The van der Waals surface area contributed by atoms with E-state index in [2.05, 4.69) is 5.32 Å². The van der Waals surface area contributed by atoms with Gasteiger partial charge in [-0.15, -0.1) is 0 Å². The molecule has 0 fully saturated rings. The predicted octanol–water partition coefficient (Wildman–Crippen LogP) is 2.82. The van der Waals surface area contributed by atoms with Gasteiger partial charge in [-0.2, -0.15) is 0 Å². The first-order valence-corrected chi connectivity index (χ1v) is 6.91. The zero-order chi connectivity index (χ0) is 15.0. The van der Waals surface area contributed by atoms with Crippen molar-refractivity contribution in [3.05, 3.63) is 58.1 Å². The molecule has 1 aliphatic rings. The number of carbonyl (C=O) groups excluding carboxylic acids is 1. The zero-order valence-corrected chi connectivity index (χ0v) is 12.1. The van der Waals surface area contributed by atoms with Gasteiger partial charge in [-0.25, -0.2) is 0 Å². The van der Waals surface area contributed by atoms with Crippen molar-refractivity contribution < 1.29 is 14.6 Å². The van der Waals surface area contributed by atoms with E-state index in [9.17, 15) is 9.90 Å². The lowest BCUT2D eigenvalue weighted by molar-refractivity contribution is -0.121. The fraction of sp³-hybridized carbons (Fsp3) is 0.188. The molecule has 21 heavy (non-hydrogen) atoms. The van der Waals surface area contributed by atoms with Crippen LogP contribution >= 0.6 is 11.6 Å². The molecule has 1 heterocycles.